The summed E-state index contributed by atoms with van der Waals surface area (Å²) in [6, 6.07) is 4.64. The van der Waals surface area contributed by atoms with E-state index in [-0.39, 0.29) is 15.4 Å². The molecule has 1 aromatic heterocycles. The Morgan fingerprint density at radius 3 is 2.71 bits per heavy atom. The van der Waals surface area contributed by atoms with E-state index in [0.717, 1.165) is 11.3 Å². The fourth-order valence-corrected chi connectivity index (χ4v) is 3.57. The summed E-state index contributed by atoms with van der Waals surface area (Å²) in [7, 11) is -3.89. The third kappa shape index (κ3) is 3.89. The van der Waals surface area contributed by atoms with Gasteiger partial charge in [-0.2, -0.15) is 8.42 Å². The number of nitrogens with zero attached hydrogens (tertiary/aromatic N) is 2. The number of hydrogen-bond acceptors (Lipinski definition) is 7. The van der Waals surface area contributed by atoms with Crippen molar-refractivity contribution in [3.63, 3.8) is 0 Å². The lowest BCUT2D eigenvalue weighted by Gasteiger charge is -2.06. The molecule has 2 rings (SSSR count). The quantitative estimate of drug-likeness (QED) is 0.536. The number of halogens is 1. The van der Waals surface area contributed by atoms with Crippen LogP contribution in [0.4, 0.5) is 16.5 Å². The van der Waals surface area contributed by atoms with Gasteiger partial charge in [0.15, 0.2) is 0 Å². The van der Waals surface area contributed by atoms with Crippen LogP contribution in [0.15, 0.2) is 27.0 Å². The fourth-order valence-electron chi connectivity index (χ4n) is 1.33. The van der Waals surface area contributed by atoms with E-state index in [1.54, 1.807) is 12.1 Å². The van der Waals surface area contributed by atoms with Crippen molar-refractivity contribution < 1.29 is 13.2 Å². The summed E-state index contributed by atoms with van der Waals surface area (Å²) in [5, 5.41) is 9.60. The summed E-state index contributed by atoms with van der Waals surface area (Å²) < 4.78 is 27.0. The van der Waals surface area contributed by atoms with Crippen LogP contribution in [0, 0.1) is 0 Å². The average molecular weight is 392 g/mol. The van der Waals surface area contributed by atoms with E-state index in [0.29, 0.717) is 15.8 Å². The monoisotopic (exact) mass is 391 g/mol. The normalized spacial score (nSPS) is 11.1. The van der Waals surface area contributed by atoms with Crippen LogP contribution < -0.4 is 15.8 Å². The number of hydrogen-bond donors (Lipinski definition) is 3. The predicted molar refractivity (Wildman–Crippen MR) is 83.6 cm³/mol. The fraction of sp³-hybridized carbons (Fsp3) is 0.100. The van der Waals surface area contributed by atoms with E-state index in [2.05, 4.69) is 36.2 Å². The first-order chi connectivity index (χ1) is 9.78. The van der Waals surface area contributed by atoms with E-state index in [1.807, 2.05) is 0 Å². The maximum absolute atomic E-state index is 12.1. The molecule has 1 aromatic carbocycles. The van der Waals surface area contributed by atoms with Crippen LogP contribution in [0.25, 0.3) is 0 Å². The Bertz CT molecular complexity index is 790. The van der Waals surface area contributed by atoms with E-state index in [4.69, 9.17) is 5.73 Å². The van der Waals surface area contributed by atoms with Gasteiger partial charge >= 0.3 is 0 Å². The highest BCUT2D eigenvalue weighted by Crippen LogP contribution is 2.26. The zero-order valence-electron chi connectivity index (χ0n) is 10.6. The van der Waals surface area contributed by atoms with E-state index >= 15 is 0 Å². The topological polar surface area (TPSA) is 127 Å². The SMILES string of the molecule is CC(=O)Nc1nnc(S(=O)(=O)Nc2ccc(Br)c(N)c2)s1. The van der Waals surface area contributed by atoms with Gasteiger partial charge in [-0.15, -0.1) is 10.2 Å². The van der Waals surface area contributed by atoms with Crippen LogP contribution >= 0.6 is 27.3 Å². The third-order valence-corrected chi connectivity index (χ3v) is 5.48. The van der Waals surface area contributed by atoms with Crippen molar-refractivity contribution in [3.8, 4) is 0 Å². The van der Waals surface area contributed by atoms with Gasteiger partial charge in [0.1, 0.15) is 0 Å². The zero-order valence-corrected chi connectivity index (χ0v) is 13.8. The van der Waals surface area contributed by atoms with Crippen molar-refractivity contribution in [2.45, 2.75) is 11.3 Å². The Morgan fingerprint density at radius 1 is 1.38 bits per heavy atom. The van der Waals surface area contributed by atoms with Crippen molar-refractivity contribution in [2.24, 2.45) is 0 Å². The van der Waals surface area contributed by atoms with Crippen LogP contribution in [0.2, 0.25) is 0 Å². The number of amides is 1. The molecule has 0 saturated carbocycles. The van der Waals surface area contributed by atoms with Crippen molar-refractivity contribution in [2.75, 3.05) is 15.8 Å². The highest BCUT2D eigenvalue weighted by Gasteiger charge is 2.21. The minimum absolute atomic E-state index is 0.109. The molecule has 0 saturated heterocycles. The Kier molecular flexibility index (Phi) is 4.44. The van der Waals surface area contributed by atoms with Gasteiger partial charge in [0, 0.05) is 17.1 Å². The Balaban J connectivity index is 2.23. The van der Waals surface area contributed by atoms with Crippen LogP contribution in [0.5, 0.6) is 0 Å². The molecule has 0 aliphatic rings. The molecule has 2 aromatic rings. The zero-order chi connectivity index (χ0) is 15.6. The molecule has 1 amide bonds. The Morgan fingerprint density at radius 2 is 2.10 bits per heavy atom. The molecule has 11 heteroatoms. The van der Waals surface area contributed by atoms with Gasteiger partial charge in [-0.3, -0.25) is 9.52 Å². The summed E-state index contributed by atoms with van der Waals surface area (Å²) >= 11 is 3.97. The number of carbonyl (C=O) groups excluding carboxylic acids is 1. The Labute approximate surface area is 132 Å². The largest absolute Gasteiger partial charge is 0.398 e. The van der Waals surface area contributed by atoms with Gasteiger partial charge in [0.25, 0.3) is 14.4 Å². The van der Waals surface area contributed by atoms with Crippen LogP contribution in [-0.4, -0.2) is 24.5 Å². The number of carbonyl (C=O) groups is 1. The minimum Gasteiger partial charge on any atom is -0.398 e. The predicted octanol–water partition coefficient (Wildman–Crippen LogP) is 1.64. The molecule has 0 bridgehead atoms. The molecular formula is C10H10BrN5O3S2. The second-order valence-corrected chi connectivity index (χ2v) is 7.58. The van der Waals surface area contributed by atoms with Gasteiger partial charge in [-0.25, -0.2) is 0 Å². The lowest BCUT2D eigenvalue weighted by molar-refractivity contribution is -0.114. The van der Waals surface area contributed by atoms with Gasteiger partial charge in [-0.05, 0) is 34.1 Å². The molecule has 8 nitrogen and oxygen atoms in total. The smallest absolute Gasteiger partial charge is 0.291 e. The molecule has 112 valence electrons. The van der Waals surface area contributed by atoms with Crippen LogP contribution in [-0.2, 0) is 14.8 Å². The summed E-state index contributed by atoms with van der Waals surface area (Å²) in [5.41, 5.74) is 6.38. The number of rotatable bonds is 4. The van der Waals surface area contributed by atoms with Crippen molar-refractivity contribution in [1.82, 2.24) is 10.2 Å². The first-order valence-electron chi connectivity index (χ1n) is 5.47. The van der Waals surface area contributed by atoms with Crippen LogP contribution in [0.3, 0.4) is 0 Å². The molecule has 21 heavy (non-hydrogen) atoms. The highest BCUT2D eigenvalue weighted by molar-refractivity contribution is 9.10. The molecule has 1 heterocycles. The number of anilines is 3. The molecule has 0 aliphatic heterocycles. The standard InChI is InChI=1S/C10H10BrN5O3S2/c1-5(17)13-9-14-15-10(20-9)21(18,19)16-6-2-3-7(11)8(12)4-6/h2-4,16H,12H2,1H3,(H,13,14,17). The minimum atomic E-state index is -3.89. The molecule has 0 atom stereocenters. The summed E-state index contributed by atoms with van der Waals surface area (Å²) in [6.07, 6.45) is 0. The van der Waals surface area contributed by atoms with E-state index in [1.165, 1.54) is 13.0 Å². The number of nitrogens with one attached hydrogen (secondary N) is 2. The highest BCUT2D eigenvalue weighted by atomic mass is 79.9. The lowest BCUT2D eigenvalue weighted by Crippen LogP contribution is -2.12. The Hall–Kier alpha value is -1.72. The maximum atomic E-state index is 12.1. The maximum Gasteiger partial charge on any atom is 0.291 e. The molecular weight excluding hydrogens is 382 g/mol. The van der Waals surface area contributed by atoms with Gasteiger partial charge in [0.2, 0.25) is 11.0 Å². The lowest BCUT2D eigenvalue weighted by atomic mass is 10.3. The third-order valence-electron chi connectivity index (χ3n) is 2.17. The summed E-state index contributed by atoms with van der Waals surface area (Å²) in [4.78, 5) is 10.9. The summed E-state index contributed by atoms with van der Waals surface area (Å²) in [6.45, 7) is 1.29. The number of nitrogen functional groups attached to an aromatic ring is 1. The molecule has 0 spiro atoms. The molecule has 0 aliphatic carbocycles. The number of aromatic nitrogens is 2. The first kappa shape index (κ1) is 15.7. The molecule has 0 radical (unpaired) electrons. The van der Waals surface area contributed by atoms with Crippen molar-refractivity contribution in [3.05, 3.63) is 22.7 Å². The molecule has 0 fully saturated rings. The second-order valence-electron chi connectivity index (χ2n) is 3.90. The van der Waals surface area contributed by atoms with E-state index < -0.39 is 10.0 Å². The average Bonchev–Trinajstić information content (AvgIpc) is 2.82. The van der Waals surface area contributed by atoms with Gasteiger partial charge in [0.05, 0.1) is 5.69 Å². The molecule has 4 N–H and O–H groups in total. The van der Waals surface area contributed by atoms with Crippen molar-refractivity contribution in [1.29, 1.82) is 0 Å². The van der Waals surface area contributed by atoms with Gasteiger partial charge in [-0.1, -0.05) is 11.3 Å². The second kappa shape index (κ2) is 5.95. The first-order valence-corrected chi connectivity index (χ1v) is 8.56. The van der Waals surface area contributed by atoms with Gasteiger partial charge < -0.3 is 11.1 Å². The van der Waals surface area contributed by atoms with E-state index in [9.17, 15) is 13.2 Å². The number of benzene rings is 1. The number of nitrogens with two attached hydrogens (primary N) is 1. The van der Waals surface area contributed by atoms with Crippen LogP contribution in [0.1, 0.15) is 6.92 Å². The van der Waals surface area contributed by atoms with Crippen molar-refractivity contribution >= 4 is 59.7 Å². The molecule has 0 unspecified atom stereocenters. The summed E-state index contributed by atoms with van der Waals surface area (Å²) in [5.74, 6) is -0.358. The number of sulfonamides is 1.